The fraction of sp³-hybridized carbons (Fsp3) is 0.647. The highest BCUT2D eigenvalue weighted by atomic mass is 32.2. The maximum Gasteiger partial charge on any atom is 0.0998 e. The smallest absolute Gasteiger partial charge is 0.0998 e. The lowest BCUT2D eigenvalue weighted by Gasteiger charge is -2.22. The summed E-state index contributed by atoms with van der Waals surface area (Å²) in [6, 6.07) is 4.45. The van der Waals surface area contributed by atoms with E-state index < -0.39 is 6.17 Å². The number of alkyl halides is 1. The van der Waals surface area contributed by atoms with E-state index in [1.807, 2.05) is 6.92 Å². The van der Waals surface area contributed by atoms with Crippen LogP contribution in [0.5, 0.6) is 0 Å². The second-order valence-electron chi connectivity index (χ2n) is 6.70. The highest BCUT2D eigenvalue weighted by molar-refractivity contribution is 7.94. The molecule has 2 atom stereocenters. The van der Waals surface area contributed by atoms with Gasteiger partial charge in [0.2, 0.25) is 0 Å². The lowest BCUT2D eigenvalue weighted by molar-refractivity contribution is 0.196. The predicted molar refractivity (Wildman–Crippen MR) is 86.2 cm³/mol. The van der Waals surface area contributed by atoms with E-state index in [-0.39, 0.29) is 11.5 Å². The molecule has 0 fully saturated rings. The molecule has 1 rings (SSSR count). The van der Waals surface area contributed by atoms with Crippen LogP contribution in [0, 0.1) is 13.8 Å². The van der Waals surface area contributed by atoms with Gasteiger partial charge in [-0.25, -0.2) is 4.39 Å². The minimum atomic E-state index is -0.823. The summed E-state index contributed by atoms with van der Waals surface area (Å²) in [4.78, 5) is 1.15. The van der Waals surface area contributed by atoms with Crippen molar-refractivity contribution in [3.63, 3.8) is 0 Å². The Balaban J connectivity index is 2.82. The van der Waals surface area contributed by atoms with Crippen molar-refractivity contribution in [1.29, 1.82) is 0 Å². The topological polar surface area (TPSA) is 9.23 Å². The van der Waals surface area contributed by atoms with Gasteiger partial charge in [-0.3, -0.25) is 0 Å². The molecule has 3 heteroatoms. The summed E-state index contributed by atoms with van der Waals surface area (Å²) in [6.07, 6.45) is -0.470. The Morgan fingerprint density at radius 3 is 2.05 bits per heavy atom. The first-order valence-corrected chi connectivity index (χ1v) is 7.94. The number of halogens is 1. The van der Waals surface area contributed by atoms with Crippen molar-refractivity contribution in [2.75, 3.05) is 0 Å². The first-order valence-electron chi connectivity index (χ1n) is 7.20. The van der Waals surface area contributed by atoms with Crippen molar-refractivity contribution in [2.45, 2.75) is 77.5 Å². The quantitative estimate of drug-likeness (QED) is 0.639. The van der Waals surface area contributed by atoms with Crippen molar-refractivity contribution in [2.24, 2.45) is 0 Å². The highest BCUT2D eigenvalue weighted by Gasteiger charge is 2.17. The maximum absolute atomic E-state index is 12.9. The van der Waals surface area contributed by atoms with Crippen LogP contribution in [0.4, 0.5) is 4.39 Å². The lowest BCUT2D eigenvalue weighted by atomic mass is 9.85. The van der Waals surface area contributed by atoms with Gasteiger partial charge < -0.3 is 4.18 Å². The Kier molecular flexibility index (Phi) is 6.08. The zero-order chi connectivity index (χ0) is 15.5. The van der Waals surface area contributed by atoms with Crippen molar-refractivity contribution in [1.82, 2.24) is 0 Å². The van der Waals surface area contributed by atoms with Crippen LogP contribution in [-0.4, -0.2) is 12.3 Å². The predicted octanol–water partition coefficient (Wildman–Crippen LogP) is 5.76. The molecule has 0 aromatic heterocycles. The Bertz CT molecular complexity index is 426. The maximum atomic E-state index is 12.9. The van der Waals surface area contributed by atoms with Crippen LogP contribution in [0.1, 0.15) is 57.7 Å². The molecular formula is C17H27FOS. The zero-order valence-electron chi connectivity index (χ0n) is 13.7. The van der Waals surface area contributed by atoms with Crippen molar-refractivity contribution in [3.8, 4) is 0 Å². The summed E-state index contributed by atoms with van der Waals surface area (Å²) < 4.78 is 18.6. The normalized spacial score (nSPS) is 15.2. The fourth-order valence-electron chi connectivity index (χ4n) is 2.14. The number of aryl methyl sites for hydroxylation is 2. The highest BCUT2D eigenvalue weighted by Crippen LogP contribution is 2.33. The molecule has 0 aliphatic heterocycles. The first-order chi connectivity index (χ1) is 9.11. The average molecular weight is 298 g/mol. The largest absolute Gasteiger partial charge is 0.307 e. The van der Waals surface area contributed by atoms with Gasteiger partial charge in [-0.2, -0.15) is 0 Å². The van der Waals surface area contributed by atoms with Crippen LogP contribution in [-0.2, 0) is 9.60 Å². The average Bonchev–Trinajstić information content (AvgIpc) is 2.25. The zero-order valence-corrected chi connectivity index (χ0v) is 14.5. The number of hydrogen-bond donors (Lipinski definition) is 0. The van der Waals surface area contributed by atoms with Gasteiger partial charge in [-0.1, -0.05) is 32.9 Å². The first kappa shape index (κ1) is 17.5. The number of benzene rings is 1. The van der Waals surface area contributed by atoms with Gasteiger partial charge in [0.25, 0.3) is 0 Å². The third-order valence-corrected chi connectivity index (χ3v) is 4.51. The van der Waals surface area contributed by atoms with E-state index >= 15 is 0 Å². The lowest BCUT2D eigenvalue weighted by Crippen LogP contribution is -2.12. The van der Waals surface area contributed by atoms with Gasteiger partial charge in [0.1, 0.15) is 0 Å². The third kappa shape index (κ3) is 5.10. The molecule has 0 bridgehead atoms. The van der Waals surface area contributed by atoms with E-state index in [9.17, 15) is 4.39 Å². The molecule has 2 unspecified atom stereocenters. The standard InChI is InChI=1S/C17H27FOS/c1-11-8-15(17(5,6)7)9-12(2)16(11)20-19-14(4)10-13(3)18/h8-9,13-14H,10H2,1-7H3. The van der Waals surface area contributed by atoms with E-state index in [1.54, 1.807) is 6.92 Å². The minimum Gasteiger partial charge on any atom is -0.307 e. The molecule has 0 spiro atoms. The summed E-state index contributed by atoms with van der Waals surface area (Å²) >= 11 is 1.38. The summed E-state index contributed by atoms with van der Waals surface area (Å²) in [6.45, 7) is 14.4. The SMILES string of the molecule is Cc1cc(C(C)(C)C)cc(C)c1SOC(C)CC(C)F. The van der Waals surface area contributed by atoms with Crippen LogP contribution in [0.25, 0.3) is 0 Å². The second kappa shape index (κ2) is 6.95. The second-order valence-corrected chi connectivity index (χ2v) is 7.46. The van der Waals surface area contributed by atoms with Crippen molar-refractivity contribution in [3.05, 3.63) is 28.8 Å². The Hall–Kier alpha value is -0.540. The van der Waals surface area contributed by atoms with E-state index in [0.29, 0.717) is 6.42 Å². The molecule has 0 N–H and O–H groups in total. The molecule has 1 nitrogen and oxygen atoms in total. The van der Waals surface area contributed by atoms with Crippen LogP contribution < -0.4 is 0 Å². The summed E-state index contributed by atoms with van der Waals surface area (Å²) in [5, 5.41) is 0. The Labute approximate surface area is 127 Å². The number of hydrogen-bond acceptors (Lipinski definition) is 2. The molecule has 0 aliphatic rings. The van der Waals surface area contributed by atoms with Crippen LogP contribution in [0.3, 0.4) is 0 Å². The number of rotatable bonds is 5. The molecule has 1 aromatic carbocycles. The molecule has 0 radical (unpaired) electrons. The summed E-state index contributed by atoms with van der Waals surface area (Å²) in [7, 11) is 0. The fourth-order valence-corrected chi connectivity index (χ4v) is 2.86. The third-order valence-electron chi connectivity index (χ3n) is 3.28. The van der Waals surface area contributed by atoms with Gasteiger partial charge in [-0.05, 0) is 49.8 Å². The van der Waals surface area contributed by atoms with Crippen LogP contribution >= 0.6 is 12.0 Å². The molecule has 0 amide bonds. The molecule has 0 saturated heterocycles. The van der Waals surface area contributed by atoms with Gasteiger partial charge in [0, 0.05) is 23.4 Å². The van der Waals surface area contributed by atoms with Crippen molar-refractivity contribution >= 4 is 12.0 Å². The molecule has 0 heterocycles. The van der Waals surface area contributed by atoms with Crippen LogP contribution in [0.15, 0.2) is 17.0 Å². The monoisotopic (exact) mass is 298 g/mol. The molecule has 20 heavy (non-hydrogen) atoms. The van der Waals surface area contributed by atoms with Gasteiger partial charge in [0.15, 0.2) is 0 Å². The molecule has 1 aromatic rings. The summed E-state index contributed by atoms with van der Waals surface area (Å²) in [5.41, 5.74) is 3.93. The van der Waals surface area contributed by atoms with E-state index in [4.69, 9.17) is 4.18 Å². The van der Waals surface area contributed by atoms with Gasteiger partial charge in [-0.15, -0.1) is 0 Å². The summed E-state index contributed by atoms with van der Waals surface area (Å²) in [5.74, 6) is 0. The van der Waals surface area contributed by atoms with E-state index in [1.165, 1.54) is 28.7 Å². The molecular weight excluding hydrogens is 271 g/mol. The molecule has 0 saturated carbocycles. The van der Waals surface area contributed by atoms with E-state index in [2.05, 4.69) is 46.8 Å². The van der Waals surface area contributed by atoms with Crippen LogP contribution in [0.2, 0.25) is 0 Å². The minimum absolute atomic E-state index is 0.0823. The molecule has 0 aliphatic carbocycles. The van der Waals surface area contributed by atoms with Gasteiger partial charge in [0.05, 0.1) is 12.3 Å². The van der Waals surface area contributed by atoms with Gasteiger partial charge >= 0.3 is 0 Å². The molecule has 114 valence electrons. The Morgan fingerprint density at radius 1 is 1.15 bits per heavy atom. The Morgan fingerprint density at radius 2 is 1.65 bits per heavy atom. The van der Waals surface area contributed by atoms with Crippen molar-refractivity contribution < 1.29 is 8.57 Å². The van der Waals surface area contributed by atoms with E-state index in [0.717, 1.165) is 4.90 Å².